The SMILES string of the molecule is N#Cc1ccnc(C#N)c1S(=O)(=O)C1CCCC1. The largest absolute Gasteiger partial charge is 0.244 e. The Morgan fingerprint density at radius 1 is 1.22 bits per heavy atom. The van der Waals surface area contributed by atoms with Gasteiger partial charge in [-0.15, -0.1) is 0 Å². The average Bonchev–Trinajstić information content (AvgIpc) is 2.92. The third-order valence-electron chi connectivity index (χ3n) is 3.16. The molecule has 0 amide bonds. The first-order valence-electron chi connectivity index (χ1n) is 5.64. The zero-order valence-electron chi connectivity index (χ0n) is 9.63. The molecule has 0 bridgehead atoms. The molecule has 1 heterocycles. The van der Waals surface area contributed by atoms with Crippen molar-refractivity contribution in [2.45, 2.75) is 35.8 Å². The van der Waals surface area contributed by atoms with Crippen LogP contribution in [0.2, 0.25) is 0 Å². The molecule has 1 saturated carbocycles. The minimum atomic E-state index is -3.63. The van der Waals surface area contributed by atoms with Crippen molar-refractivity contribution in [1.82, 2.24) is 4.98 Å². The Morgan fingerprint density at radius 2 is 1.89 bits per heavy atom. The third kappa shape index (κ3) is 1.96. The molecule has 92 valence electrons. The van der Waals surface area contributed by atoms with Crippen molar-refractivity contribution in [3.8, 4) is 12.1 Å². The predicted octanol–water partition coefficient (Wildman–Crippen LogP) is 1.54. The quantitative estimate of drug-likeness (QED) is 0.804. The lowest BCUT2D eigenvalue weighted by molar-refractivity contribution is 0.578. The molecular weight excluding hydrogens is 250 g/mol. The van der Waals surface area contributed by atoms with Gasteiger partial charge in [-0.05, 0) is 18.9 Å². The van der Waals surface area contributed by atoms with E-state index in [1.807, 2.05) is 6.07 Å². The first kappa shape index (κ1) is 12.5. The molecule has 1 aliphatic carbocycles. The maximum absolute atomic E-state index is 12.5. The van der Waals surface area contributed by atoms with Crippen LogP contribution < -0.4 is 0 Å². The van der Waals surface area contributed by atoms with E-state index in [1.165, 1.54) is 12.3 Å². The lowest BCUT2D eigenvalue weighted by atomic mass is 10.2. The van der Waals surface area contributed by atoms with Crippen LogP contribution in [0.4, 0.5) is 0 Å². The summed E-state index contributed by atoms with van der Waals surface area (Å²) in [5.74, 6) is 0. The lowest BCUT2D eigenvalue weighted by Crippen LogP contribution is -2.20. The Kier molecular flexibility index (Phi) is 3.31. The van der Waals surface area contributed by atoms with Gasteiger partial charge in [0.15, 0.2) is 15.5 Å². The number of nitriles is 2. The second kappa shape index (κ2) is 4.75. The Morgan fingerprint density at radius 3 is 2.44 bits per heavy atom. The van der Waals surface area contributed by atoms with Crippen LogP contribution in [0.15, 0.2) is 17.2 Å². The van der Waals surface area contributed by atoms with Crippen molar-refractivity contribution in [3.63, 3.8) is 0 Å². The Balaban J connectivity index is 2.64. The highest BCUT2D eigenvalue weighted by Crippen LogP contribution is 2.32. The van der Waals surface area contributed by atoms with Crippen LogP contribution in [0.5, 0.6) is 0 Å². The minimum absolute atomic E-state index is 0.00782. The topological polar surface area (TPSA) is 94.6 Å². The van der Waals surface area contributed by atoms with E-state index in [4.69, 9.17) is 10.5 Å². The van der Waals surface area contributed by atoms with Crippen molar-refractivity contribution >= 4 is 9.84 Å². The molecule has 5 nitrogen and oxygen atoms in total. The molecule has 1 fully saturated rings. The number of hydrogen-bond acceptors (Lipinski definition) is 5. The highest BCUT2D eigenvalue weighted by atomic mass is 32.2. The van der Waals surface area contributed by atoms with E-state index in [2.05, 4.69) is 4.98 Å². The zero-order chi connectivity index (χ0) is 13.2. The van der Waals surface area contributed by atoms with Gasteiger partial charge in [-0.25, -0.2) is 13.4 Å². The van der Waals surface area contributed by atoms with Crippen LogP contribution in [-0.4, -0.2) is 18.7 Å². The normalized spacial score (nSPS) is 16.1. The highest BCUT2D eigenvalue weighted by molar-refractivity contribution is 7.92. The molecule has 0 radical (unpaired) electrons. The number of rotatable bonds is 2. The highest BCUT2D eigenvalue weighted by Gasteiger charge is 2.34. The average molecular weight is 261 g/mol. The summed E-state index contributed by atoms with van der Waals surface area (Å²) in [6.07, 6.45) is 4.20. The van der Waals surface area contributed by atoms with E-state index in [0.717, 1.165) is 12.8 Å². The van der Waals surface area contributed by atoms with E-state index >= 15 is 0 Å². The minimum Gasteiger partial charge on any atom is -0.244 e. The molecule has 0 atom stereocenters. The Labute approximate surface area is 106 Å². The molecule has 0 aliphatic heterocycles. The molecule has 0 N–H and O–H groups in total. The summed E-state index contributed by atoms with van der Waals surface area (Å²) < 4.78 is 24.9. The van der Waals surface area contributed by atoms with E-state index in [9.17, 15) is 8.42 Å². The van der Waals surface area contributed by atoms with Crippen LogP contribution in [0.25, 0.3) is 0 Å². The lowest BCUT2D eigenvalue weighted by Gasteiger charge is -2.12. The second-order valence-electron chi connectivity index (χ2n) is 4.21. The summed E-state index contributed by atoms with van der Waals surface area (Å²) >= 11 is 0. The molecular formula is C12H11N3O2S. The molecule has 0 unspecified atom stereocenters. The zero-order valence-corrected chi connectivity index (χ0v) is 10.4. The van der Waals surface area contributed by atoms with Gasteiger partial charge in [-0.3, -0.25) is 0 Å². The molecule has 18 heavy (non-hydrogen) atoms. The van der Waals surface area contributed by atoms with Gasteiger partial charge in [0, 0.05) is 6.20 Å². The van der Waals surface area contributed by atoms with Gasteiger partial charge in [0.2, 0.25) is 0 Å². The van der Waals surface area contributed by atoms with Gasteiger partial charge >= 0.3 is 0 Å². The van der Waals surface area contributed by atoms with E-state index in [1.54, 1.807) is 6.07 Å². The monoisotopic (exact) mass is 261 g/mol. The molecule has 0 spiro atoms. The fourth-order valence-electron chi connectivity index (χ4n) is 2.27. The van der Waals surface area contributed by atoms with Crippen LogP contribution >= 0.6 is 0 Å². The summed E-state index contributed by atoms with van der Waals surface area (Å²) in [6.45, 7) is 0. The van der Waals surface area contributed by atoms with Crippen LogP contribution in [-0.2, 0) is 9.84 Å². The number of sulfone groups is 1. The molecule has 0 saturated heterocycles. The van der Waals surface area contributed by atoms with E-state index in [0.29, 0.717) is 12.8 Å². The number of pyridine rings is 1. The summed E-state index contributed by atoms with van der Waals surface area (Å²) in [4.78, 5) is 3.56. The standard InChI is InChI=1S/C12H11N3O2S/c13-7-9-5-6-15-11(8-14)12(9)18(16,17)10-3-1-2-4-10/h5-6,10H,1-4H2. The van der Waals surface area contributed by atoms with Crippen molar-refractivity contribution in [2.24, 2.45) is 0 Å². The Bertz CT molecular complexity index is 615. The van der Waals surface area contributed by atoms with Crippen molar-refractivity contribution in [3.05, 3.63) is 23.5 Å². The third-order valence-corrected chi connectivity index (χ3v) is 5.49. The van der Waals surface area contributed by atoms with Gasteiger partial charge < -0.3 is 0 Å². The molecule has 2 rings (SSSR count). The van der Waals surface area contributed by atoms with Gasteiger partial charge in [0.1, 0.15) is 17.0 Å². The molecule has 1 aromatic rings. The number of nitrogens with zero attached hydrogens (tertiary/aromatic N) is 3. The summed E-state index contributed by atoms with van der Waals surface area (Å²) in [7, 11) is -3.63. The molecule has 0 aromatic carbocycles. The van der Waals surface area contributed by atoms with Crippen LogP contribution in [0.3, 0.4) is 0 Å². The summed E-state index contributed by atoms with van der Waals surface area (Å²) in [5.41, 5.74) is -0.172. The summed E-state index contributed by atoms with van der Waals surface area (Å²) in [6, 6.07) is 4.92. The maximum atomic E-state index is 12.5. The van der Waals surface area contributed by atoms with Gasteiger partial charge in [0.05, 0.1) is 10.8 Å². The first-order chi connectivity index (χ1) is 8.61. The van der Waals surface area contributed by atoms with E-state index < -0.39 is 15.1 Å². The molecule has 6 heteroatoms. The van der Waals surface area contributed by atoms with Gasteiger partial charge in [0.25, 0.3) is 0 Å². The maximum Gasteiger partial charge on any atom is 0.185 e. The van der Waals surface area contributed by atoms with Gasteiger partial charge in [-0.1, -0.05) is 12.8 Å². The van der Waals surface area contributed by atoms with Crippen molar-refractivity contribution < 1.29 is 8.42 Å². The van der Waals surface area contributed by atoms with Crippen LogP contribution in [0, 0.1) is 22.7 Å². The van der Waals surface area contributed by atoms with Crippen LogP contribution in [0.1, 0.15) is 36.9 Å². The number of aromatic nitrogens is 1. The first-order valence-corrected chi connectivity index (χ1v) is 7.19. The Hall–Kier alpha value is -1.92. The summed E-state index contributed by atoms with van der Waals surface area (Å²) in [5, 5.41) is 17.5. The molecule has 1 aliphatic rings. The molecule has 1 aromatic heterocycles. The van der Waals surface area contributed by atoms with E-state index in [-0.39, 0.29) is 16.2 Å². The number of hydrogen-bond donors (Lipinski definition) is 0. The van der Waals surface area contributed by atoms with Crippen molar-refractivity contribution in [1.29, 1.82) is 10.5 Å². The smallest absolute Gasteiger partial charge is 0.185 e. The fourth-order valence-corrected chi connectivity index (χ4v) is 4.34. The second-order valence-corrected chi connectivity index (χ2v) is 6.38. The van der Waals surface area contributed by atoms with Crippen molar-refractivity contribution in [2.75, 3.05) is 0 Å². The van der Waals surface area contributed by atoms with Gasteiger partial charge in [-0.2, -0.15) is 10.5 Å². The predicted molar refractivity (Wildman–Crippen MR) is 63.1 cm³/mol. The fraction of sp³-hybridized carbons (Fsp3) is 0.417.